The number of hydrogen-bond donors (Lipinski definition) is 3. The van der Waals surface area contributed by atoms with Crippen LogP contribution >= 0.6 is 0 Å². The number of aliphatic imine (C=N–C) groups is 1. The van der Waals surface area contributed by atoms with Gasteiger partial charge in [0.1, 0.15) is 0 Å². The normalized spacial score (nSPS) is 15.6. The number of hydrogen-bond acceptors (Lipinski definition) is 4. The van der Waals surface area contributed by atoms with Crippen molar-refractivity contribution < 1.29 is 8.95 Å². The minimum atomic E-state index is -0.795. The molecule has 0 aliphatic rings. The molecule has 0 bridgehead atoms. The van der Waals surface area contributed by atoms with Crippen LogP contribution in [0.4, 0.5) is 0 Å². The van der Waals surface area contributed by atoms with Gasteiger partial charge < -0.3 is 10.1 Å². The number of ether oxygens (including phenoxy) is 1. The van der Waals surface area contributed by atoms with E-state index in [0.717, 1.165) is 6.42 Å². The number of guanidine groups is 1. The zero-order valence-corrected chi connectivity index (χ0v) is 11.0. The fraction of sp³-hybridized carbons (Fsp3) is 0.889. The van der Waals surface area contributed by atoms with Crippen molar-refractivity contribution in [2.45, 2.75) is 18.6 Å². The lowest BCUT2D eigenvalue weighted by molar-refractivity contribution is 0.203. The predicted molar refractivity (Wildman–Crippen MR) is 67.6 cm³/mol. The summed E-state index contributed by atoms with van der Waals surface area (Å²) >= 11 is 0. The van der Waals surface area contributed by atoms with Gasteiger partial charge in [-0.3, -0.25) is 14.6 Å². The van der Waals surface area contributed by atoms with E-state index >= 15 is 0 Å². The van der Waals surface area contributed by atoms with Crippen molar-refractivity contribution >= 4 is 16.8 Å². The maximum absolute atomic E-state index is 11.1. The maximum Gasteiger partial charge on any atom is 0.205 e. The van der Waals surface area contributed by atoms with Gasteiger partial charge in [-0.15, -0.1) is 0 Å². The van der Waals surface area contributed by atoms with Crippen LogP contribution in [0.1, 0.15) is 13.3 Å². The summed E-state index contributed by atoms with van der Waals surface area (Å²) in [6, 6.07) is 0. The van der Waals surface area contributed by atoms with E-state index in [1.54, 1.807) is 13.4 Å². The molecule has 7 heteroatoms. The molecule has 2 unspecified atom stereocenters. The summed E-state index contributed by atoms with van der Waals surface area (Å²) < 4.78 is 16.0. The molecule has 0 aliphatic carbocycles. The van der Waals surface area contributed by atoms with Gasteiger partial charge in [0.25, 0.3) is 0 Å². The average Bonchev–Trinajstić information content (AvgIpc) is 2.26. The molecule has 0 aliphatic heterocycles. The molecule has 16 heavy (non-hydrogen) atoms. The Morgan fingerprint density at radius 1 is 1.62 bits per heavy atom. The highest BCUT2D eigenvalue weighted by atomic mass is 32.2. The van der Waals surface area contributed by atoms with Crippen molar-refractivity contribution in [3.63, 3.8) is 0 Å². The van der Waals surface area contributed by atoms with Crippen molar-refractivity contribution in [1.29, 1.82) is 0 Å². The molecule has 4 N–H and O–H groups in total. The summed E-state index contributed by atoms with van der Waals surface area (Å²) in [5.74, 6) is 5.82. The number of hydrazine groups is 1. The Morgan fingerprint density at radius 3 is 2.81 bits per heavy atom. The molecule has 0 amide bonds. The largest absolute Gasteiger partial charge is 0.383 e. The highest BCUT2D eigenvalue weighted by Gasteiger charge is 2.04. The van der Waals surface area contributed by atoms with Crippen LogP contribution in [-0.4, -0.2) is 48.5 Å². The molecule has 0 spiro atoms. The van der Waals surface area contributed by atoms with Crippen molar-refractivity contribution in [3.8, 4) is 0 Å². The Labute approximate surface area is 99.5 Å². The van der Waals surface area contributed by atoms with E-state index in [9.17, 15) is 4.21 Å². The van der Waals surface area contributed by atoms with Crippen LogP contribution in [0, 0.1) is 0 Å². The minimum Gasteiger partial charge on any atom is -0.383 e. The third-order valence-electron chi connectivity index (χ3n) is 2.11. The molecule has 0 saturated carbocycles. The smallest absolute Gasteiger partial charge is 0.205 e. The van der Waals surface area contributed by atoms with Crippen molar-refractivity contribution in [3.05, 3.63) is 0 Å². The van der Waals surface area contributed by atoms with E-state index in [4.69, 9.17) is 10.6 Å². The molecule has 0 fully saturated rings. The Morgan fingerprint density at radius 2 is 2.31 bits per heavy atom. The van der Waals surface area contributed by atoms with E-state index in [-0.39, 0.29) is 5.25 Å². The molecule has 2 atom stereocenters. The Kier molecular flexibility index (Phi) is 9.16. The predicted octanol–water partition coefficient (Wildman–Crippen LogP) is -0.801. The molecule has 0 radical (unpaired) electrons. The summed E-state index contributed by atoms with van der Waals surface area (Å²) in [4.78, 5) is 4.22. The highest BCUT2D eigenvalue weighted by molar-refractivity contribution is 7.84. The van der Waals surface area contributed by atoms with Gasteiger partial charge in [0, 0.05) is 42.5 Å². The van der Waals surface area contributed by atoms with Crippen LogP contribution in [-0.2, 0) is 15.5 Å². The van der Waals surface area contributed by atoms with E-state index < -0.39 is 10.8 Å². The zero-order chi connectivity index (χ0) is 12.4. The fourth-order valence-electron chi connectivity index (χ4n) is 0.948. The monoisotopic (exact) mass is 250 g/mol. The van der Waals surface area contributed by atoms with Crippen LogP contribution in [0.25, 0.3) is 0 Å². The lowest BCUT2D eigenvalue weighted by atomic mass is 10.3. The van der Waals surface area contributed by atoms with Gasteiger partial charge >= 0.3 is 0 Å². The van der Waals surface area contributed by atoms with Gasteiger partial charge in [-0.25, -0.2) is 5.84 Å². The molecule has 0 saturated heterocycles. The van der Waals surface area contributed by atoms with E-state index in [1.165, 1.54) is 0 Å². The SMILES string of the molecule is COCCNC(=NCCC(C)S(C)=O)NN. The molecule has 0 aromatic rings. The van der Waals surface area contributed by atoms with Crippen LogP contribution in [0.5, 0.6) is 0 Å². The molecular weight excluding hydrogens is 228 g/mol. The number of nitrogens with zero attached hydrogens (tertiary/aromatic N) is 1. The second-order valence-electron chi connectivity index (χ2n) is 3.39. The number of rotatable bonds is 7. The Bertz CT molecular complexity index is 236. The first kappa shape index (κ1) is 15.3. The molecule has 0 aromatic carbocycles. The van der Waals surface area contributed by atoms with E-state index in [0.29, 0.717) is 25.7 Å². The van der Waals surface area contributed by atoms with Gasteiger partial charge in [0.05, 0.1) is 6.61 Å². The first-order valence-electron chi connectivity index (χ1n) is 5.18. The van der Waals surface area contributed by atoms with Crippen molar-refractivity contribution in [1.82, 2.24) is 10.7 Å². The van der Waals surface area contributed by atoms with E-state index in [2.05, 4.69) is 15.7 Å². The zero-order valence-electron chi connectivity index (χ0n) is 10.2. The highest BCUT2D eigenvalue weighted by Crippen LogP contribution is 1.98. The number of nitrogens with two attached hydrogens (primary N) is 1. The molecule has 6 nitrogen and oxygen atoms in total. The lowest BCUT2D eigenvalue weighted by Gasteiger charge is -2.09. The number of methoxy groups -OCH3 is 1. The van der Waals surface area contributed by atoms with E-state index in [1.807, 2.05) is 6.92 Å². The topological polar surface area (TPSA) is 88.7 Å². The second-order valence-corrected chi connectivity index (χ2v) is 5.19. The Hall–Kier alpha value is -0.660. The van der Waals surface area contributed by atoms with Crippen LogP contribution in [0.2, 0.25) is 0 Å². The van der Waals surface area contributed by atoms with Gasteiger partial charge in [-0.1, -0.05) is 6.92 Å². The first-order valence-corrected chi connectivity index (χ1v) is 6.80. The minimum absolute atomic E-state index is 0.154. The summed E-state index contributed by atoms with van der Waals surface area (Å²) in [5.41, 5.74) is 2.47. The molecule has 0 rings (SSSR count). The molecule has 96 valence electrons. The standard InChI is InChI=1S/C9H22N4O2S/c1-8(16(3)14)4-5-11-9(13-10)12-6-7-15-2/h8H,4-7,10H2,1-3H3,(H2,11,12,13). The summed E-state index contributed by atoms with van der Waals surface area (Å²) in [6.45, 7) is 3.78. The van der Waals surface area contributed by atoms with Crippen molar-refractivity contribution in [2.24, 2.45) is 10.8 Å². The maximum atomic E-state index is 11.1. The third-order valence-corrected chi connectivity index (χ3v) is 3.48. The van der Waals surface area contributed by atoms with Crippen LogP contribution in [0.15, 0.2) is 4.99 Å². The van der Waals surface area contributed by atoms with Crippen LogP contribution in [0.3, 0.4) is 0 Å². The van der Waals surface area contributed by atoms with Gasteiger partial charge in [0.15, 0.2) is 0 Å². The first-order chi connectivity index (χ1) is 7.61. The molecule has 0 aromatic heterocycles. The van der Waals surface area contributed by atoms with Gasteiger partial charge in [-0.2, -0.15) is 0 Å². The van der Waals surface area contributed by atoms with Crippen LogP contribution < -0.4 is 16.6 Å². The van der Waals surface area contributed by atoms with Gasteiger partial charge in [-0.05, 0) is 6.42 Å². The summed E-state index contributed by atoms with van der Waals surface area (Å²) in [6.07, 6.45) is 2.48. The third kappa shape index (κ3) is 7.61. The lowest BCUT2D eigenvalue weighted by Crippen LogP contribution is -2.43. The second kappa shape index (κ2) is 9.56. The summed E-state index contributed by atoms with van der Waals surface area (Å²) in [7, 11) is 0.836. The summed E-state index contributed by atoms with van der Waals surface area (Å²) in [5, 5.41) is 3.14. The average molecular weight is 250 g/mol. The molecular formula is C9H22N4O2S. The number of nitrogens with one attached hydrogen (secondary N) is 2. The fourth-order valence-corrected chi connectivity index (χ4v) is 1.39. The molecule has 0 heterocycles. The van der Waals surface area contributed by atoms with Crippen molar-refractivity contribution in [2.75, 3.05) is 33.1 Å². The van der Waals surface area contributed by atoms with Gasteiger partial charge in [0.2, 0.25) is 5.96 Å². The quantitative estimate of drug-likeness (QED) is 0.181. The Balaban J connectivity index is 3.83.